The first-order valence-electron chi connectivity index (χ1n) is 12.3. The molecule has 3 nitrogen and oxygen atoms in total. The Kier molecular flexibility index (Phi) is 7.74. The fourth-order valence-corrected chi connectivity index (χ4v) is 6.14. The summed E-state index contributed by atoms with van der Waals surface area (Å²) in [5.74, 6) is -1.59. The van der Waals surface area contributed by atoms with Crippen LogP contribution in [0.3, 0.4) is 0 Å². The summed E-state index contributed by atoms with van der Waals surface area (Å²) in [5.41, 5.74) is -3.31. The number of fused-ring (bicyclic) bond motifs is 1. The van der Waals surface area contributed by atoms with E-state index in [0.717, 1.165) is 36.3 Å². The number of halogens is 6. The lowest BCUT2D eigenvalue weighted by molar-refractivity contribution is -0.137. The summed E-state index contributed by atoms with van der Waals surface area (Å²) in [4.78, 5) is 27.9. The number of rotatable bonds is 8. The van der Waals surface area contributed by atoms with Gasteiger partial charge < -0.3 is 0 Å². The molecule has 0 spiro atoms. The maximum Gasteiger partial charge on any atom is 0.417 e. The monoisotopic (exact) mass is 553 g/mol. The summed E-state index contributed by atoms with van der Waals surface area (Å²) in [6.07, 6.45) is -6.39. The number of carbonyl (C=O) groups is 2. The molecule has 0 saturated heterocycles. The first kappa shape index (κ1) is 27.9. The number of imide groups is 1. The first-order valence-corrected chi connectivity index (χ1v) is 13.1. The Bertz CT molecular complexity index is 1270. The molecule has 38 heavy (non-hydrogen) atoms. The predicted molar refractivity (Wildman–Crippen MR) is 134 cm³/mol. The van der Waals surface area contributed by atoms with E-state index in [-0.39, 0.29) is 44.5 Å². The number of carbonyl (C=O) groups excluding carboxylic acids is 2. The first-order chi connectivity index (χ1) is 17.9. The molecule has 0 saturated carbocycles. The highest BCUT2D eigenvalue weighted by molar-refractivity contribution is 7.20. The van der Waals surface area contributed by atoms with Crippen LogP contribution in [0.25, 0.3) is 20.9 Å². The highest BCUT2D eigenvalue weighted by atomic mass is 32.1. The Morgan fingerprint density at radius 3 is 1.61 bits per heavy atom. The van der Waals surface area contributed by atoms with E-state index < -0.39 is 35.3 Å². The van der Waals surface area contributed by atoms with Crippen LogP contribution in [0.1, 0.15) is 71.4 Å². The van der Waals surface area contributed by atoms with Gasteiger partial charge in [0.05, 0.1) is 22.3 Å². The second-order valence-electron chi connectivity index (χ2n) is 9.23. The second-order valence-corrected chi connectivity index (χ2v) is 10.3. The van der Waals surface area contributed by atoms with Gasteiger partial charge in [0.25, 0.3) is 11.8 Å². The topological polar surface area (TPSA) is 37.4 Å². The van der Waals surface area contributed by atoms with Crippen LogP contribution in [-0.4, -0.2) is 23.3 Å². The van der Waals surface area contributed by atoms with Gasteiger partial charge in [-0.1, -0.05) is 69.5 Å². The van der Waals surface area contributed by atoms with Crippen molar-refractivity contribution in [1.82, 2.24) is 4.90 Å². The van der Waals surface area contributed by atoms with Crippen molar-refractivity contribution in [1.29, 1.82) is 0 Å². The summed E-state index contributed by atoms with van der Waals surface area (Å²) in [5, 5.41) is 0. The smallest absolute Gasteiger partial charge is 0.274 e. The van der Waals surface area contributed by atoms with Crippen LogP contribution in [0.4, 0.5) is 26.3 Å². The van der Waals surface area contributed by atoms with E-state index in [1.807, 2.05) is 13.8 Å². The van der Waals surface area contributed by atoms with Gasteiger partial charge in [-0.15, -0.1) is 11.3 Å². The van der Waals surface area contributed by atoms with Crippen molar-refractivity contribution >= 4 is 23.2 Å². The van der Waals surface area contributed by atoms with E-state index in [0.29, 0.717) is 17.8 Å². The van der Waals surface area contributed by atoms with Gasteiger partial charge in [-0.3, -0.25) is 14.5 Å². The summed E-state index contributed by atoms with van der Waals surface area (Å²) in [6.45, 7) is 3.97. The van der Waals surface area contributed by atoms with Crippen molar-refractivity contribution in [3.8, 4) is 20.9 Å². The number of hydrogen-bond donors (Lipinski definition) is 0. The fourth-order valence-electron chi connectivity index (χ4n) is 4.78. The van der Waals surface area contributed by atoms with Gasteiger partial charge in [0, 0.05) is 27.4 Å². The number of unbranched alkanes of at least 4 members (excludes halogenated alkanes) is 1. The third-order valence-corrected chi connectivity index (χ3v) is 8.02. The third-order valence-electron chi connectivity index (χ3n) is 6.76. The molecule has 2 aromatic carbocycles. The molecule has 1 unspecified atom stereocenters. The average molecular weight is 554 g/mol. The van der Waals surface area contributed by atoms with E-state index in [2.05, 4.69) is 0 Å². The molecular weight excluding hydrogens is 528 g/mol. The third kappa shape index (κ3) is 5.10. The molecule has 1 aliphatic heterocycles. The molecule has 0 aliphatic carbocycles. The van der Waals surface area contributed by atoms with Crippen LogP contribution in [0, 0.1) is 5.92 Å². The van der Waals surface area contributed by atoms with Crippen molar-refractivity contribution in [3.63, 3.8) is 0 Å². The maximum atomic E-state index is 13.9. The quantitative estimate of drug-likeness (QED) is 0.206. The van der Waals surface area contributed by atoms with Crippen LogP contribution in [0.15, 0.2) is 48.5 Å². The van der Waals surface area contributed by atoms with E-state index >= 15 is 0 Å². The molecule has 3 aromatic rings. The summed E-state index contributed by atoms with van der Waals surface area (Å²) >= 11 is 0.608. The standard InChI is InChI=1S/C28H25F6NO2S/c1-3-5-10-16(4-2)15-35-25(36)21-22(26(35)37)24(18-12-7-9-14-20(18)28(32,33)34)38-23(21)17-11-6-8-13-19(17)27(29,30)31/h6-9,11-14,16H,3-5,10,15H2,1-2H3. The molecule has 2 amide bonds. The van der Waals surface area contributed by atoms with Crippen LogP contribution >= 0.6 is 11.3 Å². The van der Waals surface area contributed by atoms with E-state index in [1.165, 1.54) is 36.4 Å². The van der Waals surface area contributed by atoms with Gasteiger partial charge in [0.1, 0.15) is 0 Å². The van der Waals surface area contributed by atoms with Crippen molar-refractivity contribution < 1.29 is 35.9 Å². The number of alkyl halides is 6. The Balaban J connectivity index is 1.96. The fraction of sp³-hybridized carbons (Fsp3) is 0.357. The lowest BCUT2D eigenvalue weighted by atomic mass is 9.98. The van der Waals surface area contributed by atoms with Crippen LogP contribution < -0.4 is 0 Å². The zero-order valence-corrected chi connectivity index (χ0v) is 21.5. The molecule has 4 rings (SSSR count). The van der Waals surface area contributed by atoms with Gasteiger partial charge in [0.15, 0.2) is 0 Å². The SMILES string of the molecule is CCCCC(CC)CN1C(=O)c2c(-c3ccccc3C(F)(F)F)sc(-c3ccccc3C(F)(F)F)c2C1=O. The Morgan fingerprint density at radius 2 is 1.21 bits per heavy atom. The summed E-state index contributed by atoms with van der Waals surface area (Å²) < 4.78 is 83.5. The van der Waals surface area contributed by atoms with Crippen LogP contribution in [-0.2, 0) is 12.4 Å². The van der Waals surface area contributed by atoms with Crippen molar-refractivity contribution in [2.24, 2.45) is 5.92 Å². The molecule has 0 bridgehead atoms. The minimum absolute atomic E-state index is 0.0349. The minimum atomic E-state index is -4.78. The molecule has 0 N–H and O–H groups in total. The molecule has 1 atom stereocenters. The zero-order valence-electron chi connectivity index (χ0n) is 20.7. The Labute approximate surface area is 220 Å². The van der Waals surface area contributed by atoms with Gasteiger partial charge in [-0.05, 0) is 24.5 Å². The van der Waals surface area contributed by atoms with Crippen LogP contribution in [0.5, 0.6) is 0 Å². The van der Waals surface area contributed by atoms with E-state index in [1.54, 1.807) is 0 Å². The molecule has 2 heterocycles. The van der Waals surface area contributed by atoms with Gasteiger partial charge in [-0.2, -0.15) is 26.3 Å². The Morgan fingerprint density at radius 1 is 0.763 bits per heavy atom. The van der Waals surface area contributed by atoms with Gasteiger partial charge in [-0.25, -0.2) is 0 Å². The minimum Gasteiger partial charge on any atom is -0.274 e. The van der Waals surface area contributed by atoms with E-state index in [4.69, 9.17) is 0 Å². The number of nitrogens with zero attached hydrogens (tertiary/aromatic N) is 1. The normalized spacial score (nSPS) is 14.8. The second kappa shape index (κ2) is 10.6. The number of amides is 2. The van der Waals surface area contributed by atoms with Crippen molar-refractivity contribution in [2.45, 2.75) is 51.9 Å². The molecule has 0 radical (unpaired) electrons. The Hall–Kier alpha value is -3.14. The zero-order chi connectivity index (χ0) is 27.8. The van der Waals surface area contributed by atoms with Crippen molar-refractivity contribution in [2.75, 3.05) is 6.54 Å². The largest absolute Gasteiger partial charge is 0.417 e. The molecule has 1 aromatic heterocycles. The molecule has 0 fully saturated rings. The molecule has 202 valence electrons. The lowest BCUT2D eigenvalue weighted by Gasteiger charge is -2.22. The summed E-state index contributed by atoms with van der Waals surface area (Å²) in [6, 6.07) is 9.14. The highest BCUT2D eigenvalue weighted by Gasteiger charge is 2.45. The summed E-state index contributed by atoms with van der Waals surface area (Å²) in [7, 11) is 0. The van der Waals surface area contributed by atoms with Gasteiger partial charge in [0.2, 0.25) is 0 Å². The van der Waals surface area contributed by atoms with Gasteiger partial charge >= 0.3 is 12.4 Å². The molecule has 10 heteroatoms. The maximum absolute atomic E-state index is 13.9. The number of hydrogen-bond acceptors (Lipinski definition) is 3. The average Bonchev–Trinajstić information content (AvgIpc) is 3.37. The van der Waals surface area contributed by atoms with E-state index in [9.17, 15) is 35.9 Å². The lowest BCUT2D eigenvalue weighted by Crippen LogP contribution is -2.34. The van der Waals surface area contributed by atoms with Crippen LogP contribution in [0.2, 0.25) is 0 Å². The predicted octanol–water partition coefficient (Wildman–Crippen LogP) is 8.93. The highest BCUT2D eigenvalue weighted by Crippen LogP contribution is 2.51. The molecule has 1 aliphatic rings. The molecular formula is C28H25F6NO2S. The number of thiophene rings is 1. The number of benzene rings is 2. The van der Waals surface area contributed by atoms with Crippen molar-refractivity contribution in [3.05, 3.63) is 70.8 Å².